The highest BCUT2D eigenvalue weighted by atomic mass is 16.7. The third-order valence-corrected chi connectivity index (χ3v) is 10.3. The van der Waals surface area contributed by atoms with E-state index in [0.717, 1.165) is 0 Å². The third-order valence-electron chi connectivity index (χ3n) is 10.3. The van der Waals surface area contributed by atoms with Gasteiger partial charge in [-0.25, -0.2) is 4.79 Å². The zero-order chi connectivity index (χ0) is 36.2. The number of piperazine rings is 1. The number of Topliss-reactive ketones (excluding diaryl/α,β-unsaturated/α-hetero) is 1. The minimum Gasteiger partial charge on any atom is -0.507 e. The minimum absolute atomic E-state index is 0.0237. The van der Waals surface area contributed by atoms with Crippen molar-refractivity contribution in [2.75, 3.05) is 39.9 Å². The highest BCUT2D eigenvalue weighted by Crippen LogP contribution is 2.52. The van der Waals surface area contributed by atoms with Gasteiger partial charge in [-0.15, -0.1) is 0 Å². The first kappa shape index (κ1) is 35.7. The molecule has 6 atom stereocenters. The molecule has 6 rings (SSSR count). The van der Waals surface area contributed by atoms with Crippen LogP contribution in [0.15, 0.2) is 18.2 Å². The van der Waals surface area contributed by atoms with Crippen LogP contribution in [0.25, 0.3) is 0 Å². The van der Waals surface area contributed by atoms with E-state index in [9.17, 15) is 39.6 Å². The van der Waals surface area contributed by atoms with Gasteiger partial charge < -0.3 is 44.3 Å². The summed E-state index contributed by atoms with van der Waals surface area (Å²) in [6.45, 7) is 8.80. The Balaban J connectivity index is 1.31. The first-order chi connectivity index (χ1) is 23.7. The number of fused-ring (bicyclic) bond motifs is 3. The van der Waals surface area contributed by atoms with Gasteiger partial charge in [0.15, 0.2) is 17.9 Å². The summed E-state index contributed by atoms with van der Waals surface area (Å²) in [7, 11) is 1.34. The normalized spacial score (nSPS) is 28.2. The van der Waals surface area contributed by atoms with Crippen LogP contribution in [0.5, 0.6) is 17.2 Å². The van der Waals surface area contributed by atoms with E-state index in [1.807, 2.05) is 18.7 Å². The molecule has 2 aromatic rings. The fourth-order valence-electron chi connectivity index (χ4n) is 7.53. The number of methoxy groups -OCH3 is 1. The Bertz CT molecular complexity index is 1720. The highest BCUT2D eigenvalue weighted by molar-refractivity contribution is 6.31. The molecule has 2 unspecified atom stereocenters. The van der Waals surface area contributed by atoms with Gasteiger partial charge in [0.05, 0.1) is 48.7 Å². The summed E-state index contributed by atoms with van der Waals surface area (Å²) < 4.78 is 23.2. The van der Waals surface area contributed by atoms with Crippen molar-refractivity contribution >= 4 is 23.4 Å². The van der Waals surface area contributed by atoms with E-state index >= 15 is 0 Å². The molecule has 2 heterocycles. The summed E-state index contributed by atoms with van der Waals surface area (Å²) >= 11 is 0. The number of benzene rings is 2. The zero-order valence-electron chi connectivity index (χ0n) is 28.8. The molecule has 4 aliphatic rings. The maximum atomic E-state index is 13.9. The lowest BCUT2D eigenvalue weighted by atomic mass is 9.72. The van der Waals surface area contributed by atoms with Crippen LogP contribution >= 0.6 is 0 Å². The molecule has 1 amide bonds. The van der Waals surface area contributed by atoms with E-state index in [0.29, 0.717) is 32.8 Å². The van der Waals surface area contributed by atoms with Gasteiger partial charge in [-0.1, -0.05) is 26.0 Å². The van der Waals surface area contributed by atoms with Crippen molar-refractivity contribution in [3.8, 4) is 17.2 Å². The van der Waals surface area contributed by atoms with E-state index in [1.54, 1.807) is 11.8 Å². The number of carbonyl (C=O) groups excluding carboxylic acids is 4. The fraction of sp³-hybridized carbons (Fsp3) is 0.556. The Labute approximate surface area is 289 Å². The molecule has 50 heavy (non-hydrogen) atoms. The van der Waals surface area contributed by atoms with Gasteiger partial charge in [0, 0.05) is 68.2 Å². The van der Waals surface area contributed by atoms with Gasteiger partial charge >= 0.3 is 6.09 Å². The number of phenols is 2. The van der Waals surface area contributed by atoms with E-state index in [2.05, 4.69) is 0 Å². The van der Waals surface area contributed by atoms with Crippen LogP contribution in [0, 0.1) is 5.92 Å². The molecular formula is C36H44N2O12. The van der Waals surface area contributed by atoms with Crippen LogP contribution in [0.1, 0.15) is 89.6 Å². The molecule has 2 aliphatic heterocycles. The number of ether oxygens (including phenoxy) is 4. The quantitative estimate of drug-likeness (QED) is 0.264. The average molecular weight is 697 g/mol. The van der Waals surface area contributed by atoms with E-state index in [-0.39, 0.29) is 52.9 Å². The number of ketones is 3. The standard InChI is InChI=1S/C36H44N2O12/c1-17(2)16-48-35(45)38-11-9-37(10-12-38)22-13-25(49-18(3)30(22)40)50-24-15-36(46,19(4)39)14-21-27(24)34(44)29-28(32(21)42)31(41)20-7-6-8-23(47-5)26(20)33(29)43/h6-8,17-18,22,24-25,30,40,42,44,46H,9-16H2,1-5H3/t18-,22?,24-,25-,30?,36-/m0/s1. The second-order valence-electron chi connectivity index (χ2n) is 14.0. The zero-order valence-corrected chi connectivity index (χ0v) is 28.8. The first-order valence-corrected chi connectivity index (χ1v) is 16.9. The van der Waals surface area contributed by atoms with Crippen LogP contribution in [-0.4, -0.2) is 124 Å². The lowest BCUT2D eigenvalue weighted by Crippen LogP contribution is -2.60. The lowest BCUT2D eigenvalue weighted by molar-refractivity contribution is -0.259. The number of aliphatic hydroxyl groups excluding tert-OH is 1. The molecule has 2 aromatic carbocycles. The topological polar surface area (TPSA) is 193 Å². The van der Waals surface area contributed by atoms with Crippen LogP contribution in [0.4, 0.5) is 4.79 Å². The summed E-state index contributed by atoms with van der Waals surface area (Å²) in [6.07, 6.45) is -4.94. The monoisotopic (exact) mass is 696 g/mol. The predicted octanol–water partition coefficient (Wildman–Crippen LogP) is 2.48. The Hall–Kier alpha value is -4.08. The maximum Gasteiger partial charge on any atom is 0.409 e. The molecule has 0 bridgehead atoms. The molecule has 0 saturated carbocycles. The van der Waals surface area contributed by atoms with Gasteiger partial charge in [-0.05, 0) is 25.8 Å². The first-order valence-electron chi connectivity index (χ1n) is 16.9. The summed E-state index contributed by atoms with van der Waals surface area (Å²) in [6, 6.07) is 3.99. The second kappa shape index (κ2) is 13.6. The number of nitrogens with zero attached hydrogens (tertiary/aromatic N) is 2. The predicted molar refractivity (Wildman–Crippen MR) is 175 cm³/mol. The smallest absolute Gasteiger partial charge is 0.409 e. The summed E-state index contributed by atoms with van der Waals surface area (Å²) in [5.74, 6) is -3.02. The minimum atomic E-state index is -2.04. The van der Waals surface area contributed by atoms with E-state index in [1.165, 1.54) is 32.2 Å². The second-order valence-corrected chi connectivity index (χ2v) is 14.0. The number of aliphatic hydroxyl groups is 2. The molecule has 14 nitrogen and oxygen atoms in total. The van der Waals surface area contributed by atoms with Crippen molar-refractivity contribution in [1.82, 2.24) is 9.80 Å². The van der Waals surface area contributed by atoms with Crippen molar-refractivity contribution in [3.63, 3.8) is 0 Å². The number of hydrogen-bond donors (Lipinski definition) is 4. The summed E-state index contributed by atoms with van der Waals surface area (Å²) in [5.41, 5.74) is -3.13. The third kappa shape index (κ3) is 6.13. The van der Waals surface area contributed by atoms with E-state index < -0.39 is 82.6 Å². The molecule has 2 saturated heterocycles. The number of carbonyl (C=O) groups is 4. The Morgan fingerprint density at radius 2 is 1.72 bits per heavy atom. The Morgan fingerprint density at radius 1 is 1.04 bits per heavy atom. The number of amides is 1. The number of rotatable bonds is 7. The molecule has 0 spiro atoms. The van der Waals surface area contributed by atoms with Crippen LogP contribution in [0.3, 0.4) is 0 Å². The molecular weight excluding hydrogens is 652 g/mol. The molecule has 14 heteroatoms. The van der Waals surface area contributed by atoms with Crippen LogP contribution < -0.4 is 4.74 Å². The van der Waals surface area contributed by atoms with Gasteiger partial charge in [0.1, 0.15) is 22.8 Å². The van der Waals surface area contributed by atoms with Gasteiger partial charge in [0.25, 0.3) is 0 Å². The fourth-order valence-corrected chi connectivity index (χ4v) is 7.53. The molecule has 0 radical (unpaired) electrons. The Kier molecular flexibility index (Phi) is 9.70. The van der Waals surface area contributed by atoms with Crippen molar-refractivity contribution < 1.29 is 58.6 Å². The molecule has 2 fully saturated rings. The summed E-state index contributed by atoms with van der Waals surface area (Å²) in [5, 5.41) is 46.1. The molecule has 0 aromatic heterocycles. The van der Waals surface area contributed by atoms with Gasteiger partial charge in [-0.3, -0.25) is 19.3 Å². The largest absolute Gasteiger partial charge is 0.507 e. The van der Waals surface area contributed by atoms with Crippen LogP contribution in [0.2, 0.25) is 0 Å². The van der Waals surface area contributed by atoms with Gasteiger partial charge in [0.2, 0.25) is 5.78 Å². The highest BCUT2D eigenvalue weighted by Gasteiger charge is 2.50. The summed E-state index contributed by atoms with van der Waals surface area (Å²) in [4.78, 5) is 56.6. The number of aromatic hydroxyl groups is 2. The van der Waals surface area contributed by atoms with Crippen molar-refractivity contribution in [2.45, 2.75) is 83.2 Å². The van der Waals surface area contributed by atoms with Crippen molar-refractivity contribution in [3.05, 3.63) is 51.6 Å². The molecule has 270 valence electrons. The SMILES string of the molecule is COc1cccc2c1C(=O)c1c(O)c3c(c(O)c1C2=O)C[C@@](O)(C(C)=O)C[C@@H]3O[C@H]1CC(N2CCN(C(=O)OCC(C)C)CC2)C(O)[C@H](C)O1. The molecule has 2 aliphatic carbocycles. The lowest BCUT2D eigenvalue weighted by Gasteiger charge is -2.47. The van der Waals surface area contributed by atoms with Gasteiger partial charge in [-0.2, -0.15) is 0 Å². The Morgan fingerprint density at radius 3 is 2.36 bits per heavy atom. The maximum absolute atomic E-state index is 13.9. The van der Waals surface area contributed by atoms with Crippen LogP contribution in [-0.2, 0) is 25.4 Å². The number of phenolic OH excluding ortho intramolecular Hbond substituents is 2. The number of hydrogen-bond acceptors (Lipinski definition) is 13. The van der Waals surface area contributed by atoms with Crippen molar-refractivity contribution in [1.29, 1.82) is 0 Å². The van der Waals surface area contributed by atoms with Crippen molar-refractivity contribution in [2.24, 2.45) is 5.92 Å². The van der Waals surface area contributed by atoms with E-state index in [4.69, 9.17) is 18.9 Å². The average Bonchev–Trinajstić information content (AvgIpc) is 3.08. The molecule has 4 N–H and O–H groups in total.